The van der Waals surface area contributed by atoms with E-state index in [1.54, 1.807) is 12.1 Å². The Hall–Kier alpha value is -2.20. The molecule has 6 nitrogen and oxygen atoms in total. The van der Waals surface area contributed by atoms with Crippen molar-refractivity contribution in [1.29, 1.82) is 0 Å². The molecule has 0 fully saturated rings. The lowest BCUT2D eigenvalue weighted by Crippen LogP contribution is -2.32. The number of anilines is 1. The normalized spacial score (nSPS) is 12.7. The third-order valence-corrected chi connectivity index (χ3v) is 3.69. The van der Waals surface area contributed by atoms with Crippen molar-refractivity contribution >= 4 is 22.5 Å². The third kappa shape index (κ3) is 4.89. The highest BCUT2D eigenvalue weighted by molar-refractivity contribution is 7.15. The van der Waals surface area contributed by atoms with Gasteiger partial charge in [-0.25, -0.2) is 4.79 Å². The predicted molar refractivity (Wildman–Crippen MR) is 78.1 cm³/mol. The molecule has 0 aliphatic rings. The number of halogens is 3. The highest BCUT2D eigenvalue weighted by Gasteiger charge is 2.35. The Kier molecular flexibility index (Phi) is 5.16. The molecule has 2 rings (SSSR count). The van der Waals surface area contributed by atoms with Crippen LogP contribution in [-0.2, 0) is 6.18 Å². The fraction of sp³-hybridized carbons (Fsp3) is 0.308. The van der Waals surface area contributed by atoms with Crippen LogP contribution in [-0.4, -0.2) is 27.9 Å². The van der Waals surface area contributed by atoms with Crippen molar-refractivity contribution in [1.82, 2.24) is 15.5 Å². The number of carbonyl (C=O) groups is 1. The molecule has 0 aliphatic carbocycles. The van der Waals surface area contributed by atoms with Crippen LogP contribution in [0.4, 0.5) is 23.1 Å². The van der Waals surface area contributed by atoms with Gasteiger partial charge >= 0.3 is 12.2 Å². The first kappa shape index (κ1) is 17.2. The van der Waals surface area contributed by atoms with Gasteiger partial charge in [-0.2, -0.15) is 13.2 Å². The lowest BCUT2D eigenvalue weighted by molar-refractivity contribution is -0.138. The van der Waals surface area contributed by atoms with Gasteiger partial charge in [0.1, 0.15) is 0 Å². The van der Waals surface area contributed by atoms with Gasteiger partial charge in [0, 0.05) is 6.54 Å². The van der Waals surface area contributed by atoms with Gasteiger partial charge in [-0.3, -0.25) is 5.32 Å². The zero-order valence-electron chi connectivity index (χ0n) is 11.9. The number of carbonyl (C=O) groups excluding carboxylic acids is 1. The van der Waals surface area contributed by atoms with Crippen molar-refractivity contribution in [2.24, 2.45) is 0 Å². The molecule has 2 aromatic rings. The highest BCUT2D eigenvalue weighted by atomic mass is 32.1. The van der Waals surface area contributed by atoms with Crippen LogP contribution in [0, 0.1) is 6.92 Å². The van der Waals surface area contributed by atoms with Crippen LogP contribution in [0.15, 0.2) is 24.3 Å². The molecule has 23 heavy (non-hydrogen) atoms. The lowest BCUT2D eigenvalue weighted by Gasteiger charge is -2.12. The van der Waals surface area contributed by atoms with E-state index in [4.69, 9.17) is 0 Å². The molecule has 0 spiro atoms. The number of aliphatic hydroxyl groups is 1. The number of benzene rings is 1. The minimum absolute atomic E-state index is 0.0974. The number of hydrogen-bond acceptors (Lipinski definition) is 5. The Morgan fingerprint density at radius 2 is 1.96 bits per heavy atom. The number of aryl methyl sites for hydroxylation is 1. The van der Waals surface area contributed by atoms with E-state index in [-0.39, 0.29) is 23.0 Å². The average molecular weight is 346 g/mol. The maximum atomic E-state index is 12.4. The van der Waals surface area contributed by atoms with Crippen LogP contribution in [0.1, 0.15) is 22.2 Å². The van der Waals surface area contributed by atoms with Crippen molar-refractivity contribution in [3.63, 3.8) is 0 Å². The summed E-state index contributed by atoms with van der Waals surface area (Å²) in [5, 5.41) is 19.2. The average Bonchev–Trinajstić information content (AvgIpc) is 2.94. The molecule has 0 bridgehead atoms. The molecule has 1 atom stereocenters. The Morgan fingerprint density at radius 3 is 2.52 bits per heavy atom. The second-order valence-corrected chi connectivity index (χ2v) is 5.65. The molecule has 1 heterocycles. The molecular formula is C13H13F3N4O2S. The Labute approximate surface area is 133 Å². The van der Waals surface area contributed by atoms with Gasteiger partial charge in [-0.05, 0) is 12.5 Å². The van der Waals surface area contributed by atoms with E-state index in [0.29, 0.717) is 5.56 Å². The lowest BCUT2D eigenvalue weighted by atomic mass is 10.1. The Bertz CT molecular complexity index is 673. The second kappa shape index (κ2) is 6.92. The zero-order chi connectivity index (χ0) is 17.0. The van der Waals surface area contributed by atoms with Crippen LogP contribution in [0.2, 0.25) is 0 Å². The van der Waals surface area contributed by atoms with Crippen molar-refractivity contribution in [3.8, 4) is 0 Å². The van der Waals surface area contributed by atoms with Gasteiger partial charge in [-0.15, -0.1) is 10.2 Å². The van der Waals surface area contributed by atoms with Crippen molar-refractivity contribution < 1.29 is 23.1 Å². The van der Waals surface area contributed by atoms with Crippen molar-refractivity contribution in [3.05, 3.63) is 40.4 Å². The molecule has 0 saturated heterocycles. The molecule has 1 aromatic carbocycles. The fourth-order valence-corrected chi connectivity index (χ4v) is 2.23. The van der Waals surface area contributed by atoms with Gasteiger partial charge < -0.3 is 10.4 Å². The number of amides is 2. The molecular weight excluding hydrogens is 333 g/mol. The zero-order valence-corrected chi connectivity index (χ0v) is 12.7. The van der Waals surface area contributed by atoms with Crippen LogP contribution >= 0.6 is 11.3 Å². The topological polar surface area (TPSA) is 87.1 Å². The van der Waals surface area contributed by atoms with E-state index in [1.165, 1.54) is 0 Å². The minimum atomic E-state index is -4.60. The summed E-state index contributed by atoms with van der Waals surface area (Å²) in [5.41, 5.74) is 1.65. The quantitative estimate of drug-likeness (QED) is 0.794. The standard InChI is InChI=1S/C13H13F3N4O2S/c1-7-2-4-8(5-3-7)9(21)6-17-11(22)18-12-20-19-10(23-12)13(14,15)16/h2-5,9,21H,6H2,1H3,(H2,17,18,20,22). The smallest absolute Gasteiger partial charge is 0.387 e. The van der Waals surface area contributed by atoms with E-state index in [2.05, 4.69) is 20.8 Å². The van der Waals surface area contributed by atoms with Gasteiger partial charge in [0.15, 0.2) is 0 Å². The van der Waals surface area contributed by atoms with Gasteiger partial charge in [-0.1, -0.05) is 41.2 Å². The van der Waals surface area contributed by atoms with E-state index < -0.39 is 23.3 Å². The van der Waals surface area contributed by atoms with Crippen molar-refractivity contribution in [2.75, 3.05) is 11.9 Å². The van der Waals surface area contributed by atoms with E-state index in [1.807, 2.05) is 19.1 Å². The first-order valence-electron chi connectivity index (χ1n) is 6.46. The van der Waals surface area contributed by atoms with Crippen LogP contribution in [0.5, 0.6) is 0 Å². The molecule has 3 N–H and O–H groups in total. The maximum absolute atomic E-state index is 12.4. The summed E-state index contributed by atoms with van der Waals surface area (Å²) in [6.45, 7) is 1.80. The molecule has 1 aromatic heterocycles. The first-order valence-corrected chi connectivity index (χ1v) is 7.27. The van der Waals surface area contributed by atoms with Crippen LogP contribution < -0.4 is 10.6 Å². The molecule has 10 heteroatoms. The largest absolute Gasteiger partial charge is 0.445 e. The van der Waals surface area contributed by atoms with E-state index in [0.717, 1.165) is 5.56 Å². The number of aromatic nitrogens is 2. The maximum Gasteiger partial charge on any atom is 0.445 e. The molecule has 0 radical (unpaired) electrons. The molecule has 0 aliphatic heterocycles. The number of nitrogens with zero attached hydrogens (tertiary/aromatic N) is 2. The summed E-state index contributed by atoms with van der Waals surface area (Å²) in [4.78, 5) is 11.6. The van der Waals surface area contributed by atoms with Gasteiger partial charge in [0.25, 0.3) is 0 Å². The molecule has 1 unspecified atom stereocenters. The summed E-state index contributed by atoms with van der Waals surface area (Å²) < 4.78 is 37.1. The summed E-state index contributed by atoms with van der Waals surface area (Å²) in [7, 11) is 0. The number of urea groups is 1. The predicted octanol–water partition coefficient (Wildman–Crippen LogP) is 2.72. The second-order valence-electron chi connectivity index (χ2n) is 4.67. The fourth-order valence-electron chi connectivity index (χ4n) is 1.63. The summed E-state index contributed by atoms with van der Waals surface area (Å²) in [5.74, 6) is 0. The van der Waals surface area contributed by atoms with Crippen LogP contribution in [0.25, 0.3) is 0 Å². The number of aliphatic hydroxyl groups excluding tert-OH is 1. The summed E-state index contributed by atoms with van der Waals surface area (Å²) in [6, 6.07) is 6.30. The number of hydrogen-bond donors (Lipinski definition) is 3. The van der Waals surface area contributed by atoms with Gasteiger partial charge in [0.05, 0.1) is 6.10 Å². The van der Waals surface area contributed by atoms with E-state index >= 15 is 0 Å². The summed E-state index contributed by atoms with van der Waals surface area (Å²) in [6.07, 6.45) is -5.53. The monoisotopic (exact) mass is 346 g/mol. The minimum Gasteiger partial charge on any atom is -0.387 e. The highest BCUT2D eigenvalue weighted by Crippen LogP contribution is 2.32. The Morgan fingerprint density at radius 1 is 1.30 bits per heavy atom. The summed E-state index contributed by atoms with van der Waals surface area (Å²) >= 11 is 0.219. The number of alkyl halides is 3. The third-order valence-electron chi connectivity index (χ3n) is 2.81. The molecule has 124 valence electrons. The Balaban J connectivity index is 1.85. The SMILES string of the molecule is Cc1ccc(C(O)CNC(=O)Nc2nnc(C(F)(F)F)s2)cc1. The van der Waals surface area contributed by atoms with E-state index in [9.17, 15) is 23.1 Å². The molecule has 0 saturated carbocycles. The first-order chi connectivity index (χ1) is 10.8. The molecule has 2 amide bonds. The number of nitrogens with one attached hydrogen (secondary N) is 2. The van der Waals surface area contributed by atoms with Crippen LogP contribution in [0.3, 0.4) is 0 Å². The van der Waals surface area contributed by atoms with Gasteiger partial charge in [0.2, 0.25) is 10.1 Å². The number of rotatable bonds is 4. The van der Waals surface area contributed by atoms with Crippen molar-refractivity contribution in [2.45, 2.75) is 19.2 Å².